The van der Waals surface area contributed by atoms with Crippen LogP contribution < -0.4 is 19.6 Å². The van der Waals surface area contributed by atoms with E-state index in [4.69, 9.17) is 4.74 Å². The van der Waals surface area contributed by atoms with Gasteiger partial charge in [-0.2, -0.15) is 0 Å². The Morgan fingerprint density at radius 3 is 3.15 bits per heavy atom. The summed E-state index contributed by atoms with van der Waals surface area (Å²) in [4.78, 5) is 17.2. The molecule has 0 unspecified atom stereocenters. The number of ether oxygens (including phenoxy) is 1. The van der Waals surface area contributed by atoms with Gasteiger partial charge < -0.3 is 9.84 Å². The number of fused-ring (bicyclic) bond motifs is 1. The minimum Gasteiger partial charge on any atom is -0.504 e. The standard InChI is InChI=1S/C14H14N2O3S/c1-2-19-10-5-3-4-9(12(10)17)8-11-13(18)16-7-6-15-14(16)20-11/h3-5,8,17H,2,6-7H2,1H3/b11-8+. The minimum atomic E-state index is -0.0486. The first kappa shape index (κ1) is 12.9. The zero-order valence-corrected chi connectivity index (χ0v) is 11.8. The molecule has 0 spiro atoms. The van der Waals surface area contributed by atoms with Crippen LogP contribution >= 0.6 is 11.3 Å². The number of phenolic OH excluding ortho intramolecular Hbond substituents is 1. The van der Waals surface area contributed by atoms with Gasteiger partial charge in [0, 0.05) is 12.1 Å². The Hall–Kier alpha value is -2.08. The normalized spacial score (nSPS) is 14.2. The molecule has 1 N–H and O–H groups in total. The molecule has 1 aromatic carbocycles. The number of rotatable bonds is 3. The summed E-state index contributed by atoms with van der Waals surface area (Å²) in [5.41, 5.74) is 0.529. The molecule has 0 saturated carbocycles. The van der Waals surface area contributed by atoms with Crippen molar-refractivity contribution in [3.05, 3.63) is 43.5 Å². The van der Waals surface area contributed by atoms with Gasteiger partial charge in [-0.25, -0.2) is 0 Å². The lowest BCUT2D eigenvalue weighted by Gasteiger charge is -2.06. The van der Waals surface area contributed by atoms with E-state index < -0.39 is 0 Å². The molecule has 0 saturated heterocycles. The molecule has 3 rings (SSSR count). The van der Waals surface area contributed by atoms with Crippen LogP contribution in [0.5, 0.6) is 11.5 Å². The Labute approximate surface area is 119 Å². The van der Waals surface area contributed by atoms with Crippen molar-refractivity contribution in [1.82, 2.24) is 4.57 Å². The maximum atomic E-state index is 12.2. The SMILES string of the molecule is CCOc1cccc(/C=c2/sc3n(c2=O)CCN=3)c1O. The Balaban J connectivity index is 2.14. The van der Waals surface area contributed by atoms with E-state index in [9.17, 15) is 9.90 Å². The van der Waals surface area contributed by atoms with Crippen LogP contribution in [-0.4, -0.2) is 22.8 Å². The van der Waals surface area contributed by atoms with Gasteiger partial charge in [0.2, 0.25) is 0 Å². The molecule has 1 aromatic heterocycles. The quantitative estimate of drug-likeness (QED) is 0.894. The van der Waals surface area contributed by atoms with Gasteiger partial charge >= 0.3 is 0 Å². The average Bonchev–Trinajstić information content (AvgIpc) is 2.99. The predicted octanol–water partition coefficient (Wildman–Crippen LogP) is 0.476. The largest absolute Gasteiger partial charge is 0.504 e. The molecular weight excluding hydrogens is 276 g/mol. The number of hydrogen-bond acceptors (Lipinski definition) is 5. The van der Waals surface area contributed by atoms with Crippen molar-refractivity contribution in [3.8, 4) is 11.5 Å². The highest BCUT2D eigenvalue weighted by Crippen LogP contribution is 2.30. The lowest BCUT2D eigenvalue weighted by Crippen LogP contribution is -2.29. The van der Waals surface area contributed by atoms with E-state index in [0.717, 1.165) is 4.80 Å². The monoisotopic (exact) mass is 290 g/mol. The maximum absolute atomic E-state index is 12.2. The second-order valence-corrected chi connectivity index (χ2v) is 5.37. The van der Waals surface area contributed by atoms with Crippen molar-refractivity contribution in [2.24, 2.45) is 4.99 Å². The van der Waals surface area contributed by atoms with E-state index >= 15 is 0 Å². The van der Waals surface area contributed by atoms with Crippen LogP contribution in [-0.2, 0) is 6.54 Å². The van der Waals surface area contributed by atoms with Gasteiger partial charge in [0.1, 0.15) is 0 Å². The molecule has 0 fully saturated rings. The molecule has 2 aromatic rings. The molecule has 0 amide bonds. The number of benzene rings is 1. The van der Waals surface area contributed by atoms with Gasteiger partial charge in [0.05, 0.1) is 17.7 Å². The Kier molecular flexibility index (Phi) is 3.31. The van der Waals surface area contributed by atoms with Gasteiger partial charge in [0.15, 0.2) is 16.3 Å². The van der Waals surface area contributed by atoms with Crippen LogP contribution in [0.1, 0.15) is 12.5 Å². The van der Waals surface area contributed by atoms with Crippen molar-refractivity contribution < 1.29 is 9.84 Å². The van der Waals surface area contributed by atoms with Crippen molar-refractivity contribution in [2.75, 3.05) is 13.2 Å². The highest BCUT2D eigenvalue weighted by Gasteiger charge is 2.11. The van der Waals surface area contributed by atoms with E-state index in [2.05, 4.69) is 4.99 Å². The summed E-state index contributed by atoms with van der Waals surface area (Å²) in [6, 6.07) is 5.25. The van der Waals surface area contributed by atoms with E-state index in [1.807, 2.05) is 6.92 Å². The second-order valence-electron chi connectivity index (χ2n) is 4.36. The molecule has 6 heteroatoms. The summed E-state index contributed by atoms with van der Waals surface area (Å²) >= 11 is 1.35. The Morgan fingerprint density at radius 2 is 2.40 bits per heavy atom. The van der Waals surface area contributed by atoms with Crippen LogP contribution in [0.4, 0.5) is 0 Å². The third kappa shape index (κ3) is 2.12. The summed E-state index contributed by atoms with van der Waals surface area (Å²) in [6.07, 6.45) is 1.69. The molecule has 0 radical (unpaired) electrons. The minimum absolute atomic E-state index is 0.0486. The van der Waals surface area contributed by atoms with Crippen LogP contribution in [0.25, 0.3) is 6.08 Å². The van der Waals surface area contributed by atoms with Crippen LogP contribution in [0, 0.1) is 0 Å². The molecule has 1 aliphatic heterocycles. The number of hydrogen-bond donors (Lipinski definition) is 1. The number of nitrogens with zero attached hydrogens (tertiary/aromatic N) is 2. The zero-order valence-electron chi connectivity index (χ0n) is 11.0. The van der Waals surface area contributed by atoms with Crippen LogP contribution in [0.3, 0.4) is 0 Å². The Morgan fingerprint density at radius 1 is 1.55 bits per heavy atom. The van der Waals surface area contributed by atoms with E-state index in [0.29, 0.717) is 35.5 Å². The molecule has 2 heterocycles. The summed E-state index contributed by atoms with van der Waals surface area (Å²) < 4.78 is 7.58. The van der Waals surface area contributed by atoms with Crippen molar-refractivity contribution >= 4 is 17.4 Å². The molecule has 0 aliphatic carbocycles. The van der Waals surface area contributed by atoms with Gasteiger partial charge in [-0.1, -0.05) is 23.5 Å². The molecule has 20 heavy (non-hydrogen) atoms. The highest BCUT2D eigenvalue weighted by molar-refractivity contribution is 7.07. The van der Waals surface area contributed by atoms with Crippen LogP contribution in [0.15, 0.2) is 28.0 Å². The van der Waals surface area contributed by atoms with Gasteiger partial charge in [-0.15, -0.1) is 0 Å². The first-order chi connectivity index (χ1) is 9.70. The lowest BCUT2D eigenvalue weighted by molar-refractivity contribution is 0.318. The van der Waals surface area contributed by atoms with Gasteiger partial charge in [-0.3, -0.25) is 14.4 Å². The van der Waals surface area contributed by atoms with Gasteiger partial charge in [0.25, 0.3) is 5.56 Å². The van der Waals surface area contributed by atoms with E-state index in [1.54, 1.807) is 28.8 Å². The van der Waals surface area contributed by atoms with Crippen LogP contribution in [0.2, 0.25) is 0 Å². The van der Waals surface area contributed by atoms with Crippen molar-refractivity contribution in [3.63, 3.8) is 0 Å². The number of aromatic nitrogens is 1. The number of phenols is 1. The van der Waals surface area contributed by atoms with E-state index in [1.165, 1.54) is 11.3 Å². The third-order valence-corrected chi connectivity index (χ3v) is 4.12. The number of para-hydroxylation sites is 1. The lowest BCUT2D eigenvalue weighted by atomic mass is 10.2. The molecule has 1 aliphatic rings. The van der Waals surface area contributed by atoms with E-state index in [-0.39, 0.29) is 11.3 Å². The van der Waals surface area contributed by atoms with Gasteiger partial charge in [-0.05, 0) is 19.1 Å². The smallest absolute Gasteiger partial charge is 0.270 e. The fraction of sp³-hybridized carbons (Fsp3) is 0.286. The highest BCUT2D eigenvalue weighted by atomic mass is 32.1. The molecule has 0 atom stereocenters. The molecule has 5 nitrogen and oxygen atoms in total. The maximum Gasteiger partial charge on any atom is 0.270 e. The number of aromatic hydroxyl groups is 1. The molecule has 104 valence electrons. The first-order valence-corrected chi connectivity index (χ1v) is 7.23. The fourth-order valence-corrected chi connectivity index (χ4v) is 3.16. The predicted molar refractivity (Wildman–Crippen MR) is 77.1 cm³/mol. The number of thiazole rings is 1. The first-order valence-electron chi connectivity index (χ1n) is 6.41. The third-order valence-electron chi connectivity index (χ3n) is 3.08. The summed E-state index contributed by atoms with van der Waals surface area (Å²) in [6.45, 7) is 3.65. The topological polar surface area (TPSA) is 63.8 Å². The molecular formula is C14H14N2O3S. The molecule has 0 bridgehead atoms. The second kappa shape index (κ2) is 5.13. The zero-order chi connectivity index (χ0) is 14.1. The Bertz CT molecular complexity index is 820. The van der Waals surface area contributed by atoms with Crippen molar-refractivity contribution in [1.29, 1.82) is 0 Å². The fourth-order valence-electron chi connectivity index (χ4n) is 2.14. The summed E-state index contributed by atoms with van der Waals surface area (Å²) in [5.74, 6) is 0.486. The summed E-state index contributed by atoms with van der Waals surface area (Å²) in [5, 5.41) is 10.1. The average molecular weight is 290 g/mol. The summed E-state index contributed by atoms with van der Waals surface area (Å²) in [7, 11) is 0. The van der Waals surface area contributed by atoms with Crippen molar-refractivity contribution in [2.45, 2.75) is 13.5 Å².